The minimum atomic E-state index is -3.67. The molecule has 0 spiro atoms. The van der Waals surface area contributed by atoms with E-state index in [1.807, 2.05) is 7.05 Å². The molecule has 0 saturated carbocycles. The number of hydrogen-bond acceptors (Lipinski definition) is 4. The smallest absolute Gasteiger partial charge is 0.241 e. The van der Waals surface area contributed by atoms with Gasteiger partial charge in [0.2, 0.25) is 10.0 Å². The fourth-order valence-electron chi connectivity index (χ4n) is 1.72. The molecule has 0 aliphatic heterocycles. The average molecular weight is 246 g/mol. The summed E-state index contributed by atoms with van der Waals surface area (Å²) in [6, 6.07) is 0. The summed E-state index contributed by atoms with van der Waals surface area (Å²) < 4.78 is 24.3. The highest BCUT2D eigenvalue weighted by molar-refractivity contribution is 7.89. The Kier molecular flexibility index (Phi) is 4.06. The van der Waals surface area contributed by atoms with E-state index in [1.165, 1.54) is 0 Å². The first kappa shape index (κ1) is 13.1. The van der Waals surface area contributed by atoms with Gasteiger partial charge in [-0.15, -0.1) is 0 Å². The molecule has 0 fully saturated rings. The lowest BCUT2D eigenvalue weighted by Crippen LogP contribution is -2.15. The molecule has 0 aliphatic carbocycles. The topological polar surface area (TPSA) is 90.0 Å². The van der Waals surface area contributed by atoms with Crippen LogP contribution in [0.3, 0.4) is 0 Å². The number of nitrogens with two attached hydrogens (primary N) is 1. The highest BCUT2D eigenvalue weighted by atomic mass is 32.2. The lowest BCUT2D eigenvalue weighted by atomic mass is 10.4. The van der Waals surface area contributed by atoms with Gasteiger partial charge in [0.25, 0.3) is 0 Å². The summed E-state index contributed by atoms with van der Waals surface area (Å²) in [5, 5.41) is 12.3. The normalized spacial score (nSPS) is 12.0. The van der Waals surface area contributed by atoms with Crippen molar-refractivity contribution >= 4 is 10.0 Å². The van der Waals surface area contributed by atoms with E-state index in [2.05, 4.69) is 10.4 Å². The van der Waals surface area contributed by atoms with Gasteiger partial charge < -0.3 is 5.32 Å². The maximum absolute atomic E-state index is 11.3. The Balaban J connectivity index is 2.99. The zero-order chi connectivity index (χ0) is 12.3. The Bertz CT molecular complexity index is 464. The van der Waals surface area contributed by atoms with E-state index in [1.54, 1.807) is 18.5 Å². The number of aryl methyl sites for hydroxylation is 2. The number of rotatable bonds is 5. The second-order valence-corrected chi connectivity index (χ2v) is 5.22. The largest absolute Gasteiger partial charge is 0.320 e. The first-order valence-electron chi connectivity index (χ1n) is 5.09. The molecule has 0 aliphatic rings. The molecule has 1 rings (SSSR count). The minimum absolute atomic E-state index is 0.150. The molecule has 0 unspecified atom stereocenters. The van der Waals surface area contributed by atoms with E-state index in [0.717, 1.165) is 13.0 Å². The molecular weight excluding hydrogens is 228 g/mol. The summed E-state index contributed by atoms with van der Waals surface area (Å²) in [5.41, 5.74) is 1.07. The molecule has 1 heterocycles. The van der Waals surface area contributed by atoms with Crippen molar-refractivity contribution in [2.75, 3.05) is 13.6 Å². The maximum atomic E-state index is 11.3. The van der Waals surface area contributed by atoms with Crippen LogP contribution in [-0.4, -0.2) is 31.8 Å². The number of sulfonamides is 1. The summed E-state index contributed by atoms with van der Waals surface area (Å²) >= 11 is 0. The fraction of sp³-hybridized carbons (Fsp3) is 0.667. The lowest BCUT2D eigenvalue weighted by molar-refractivity contribution is 0.546. The van der Waals surface area contributed by atoms with Gasteiger partial charge in [0, 0.05) is 6.54 Å². The Hall–Kier alpha value is -0.920. The van der Waals surface area contributed by atoms with Gasteiger partial charge in [-0.3, -0.25) is 4.68 Å². The molecule has 92 valence electrons. The van der Waals surface area contributed by atoms with Gasteiger partial charge in [-0.1, -0.05) is 0 Å². The van der Waals surface area contributed by atoms with Crippen molar-refractivity contribution in [3.63, 3.8) is 0 Å². The zero-order valence-electron chi connectivity index (χ0n) is 9.82. The summed E-state index contributed by atoms with van der Waals surface area (Å²) in [6.45, 7) is 4.92. The van der Waals surface area contributed by atoms with Crippen LogP contribution in [-0.2, 0) is 16.6 Å². The molecule has 6 nitrogen and oxygen atoms in total. The van der Waals surface area contributed by atoms with E-state index < -0.39 is 10.0 Å². The number of nitrogens with zero attached hydrogens (tertiary/aromatic N) is 2. The van der Waals surface area contributed by atoms with Gasteiger partial charge >= 0.3 is 0 Å². The number of nitrogens with one attached hydrogen (secondary N) is 1. The monoisotopic (exact) mass is 246 g/mol. The highest BCUT2D eigenvalue weighted by Crippen LogP contribution is 2.17. The quantitative estimate of drug-likeness (QED) is 0.701. The molecular formula is C9H18N4O2S. The Morgan fingerprint density at radius 3 is 2.50 bits per heavy atom. The van der Waals surface area contributed by atoms with Crippen LogP contribution in [0.15, 0.2) is 4.90 Å². The summed E-state index contributed by atoms with van der Waals surface area (Å²) in [7, 11) is -1.80. The van der Waals surface area contributed by atoms with E-state index >= 15 is 0 Å². The van der Waals surface area contributed by atoms with Gasteiger partial charge in [0.15, 0.2) is 0 Å². The van der Waals surface area contributed by atoms with Gasteiger partial charge in [-0.05, 0) is 33.9 Å². The SMILES string of the molecule is CNCCCn1nc(C)c(S(N)(=O)=O)c1C. The Morgan fingerprint density at radius 1 is 1.44 bits per heavy atom. The average Bonchev–Trinajstić information content (AvgIpc) is 2.41. The van der Waals surface area contributed by atoms with Crippen molar-refractivity contribution in [2.24, 2.45) is 5.14 Å². The third-order valence-electron chi connectivity index (χ3n) is 2.40. The molecule has 0 saturated heterocycles. The van der Waals surface area contributed by atoms with Crippen LogP contribution >= 0.6 is 0 Å². The fourth-order valence-corrected chi connectivity index (χ4v) is 2.69. The standard InChI is InChI=1S/C9H18N4O2S/c1-7-9(16(10,14)15)8(2)13(12-7)6-4-5-11-3/h11H,4-6H2,1-3H3,(H2,10,14,15). The molecule has 0 amide bonds. The second kappa shape index (κ2) is 4.94. The molecule has 0 atom stereocenters. The molecule has 1 aromatic heterocycles. The number of aromatic nitrogens is 2. The predicted octanol–water partition coefficient (Wildman–Crippen LogP) is -0.243. The van der Waals surface area contributed by atoms with Crippen LogP contribution in [0.25, 0.3) is 0 Å². The third-order valence-corrected chi connectivity index (χ3v) is 3.56. The predicted molar refractivity (Wildman–Crippen MR) is 61.6 cm³/mol. The van der Waals surface area contributed by atoms with Crippen molar-refractivity contribution < 1.29 is 8.42 Å². The van der Waals surface area contributed by atoms with Crippen molar-refractivity contribution in [3.8, 4) is 0 Å². The molecule has 3 N–H and O–H groups in total. The highest BCUT2D eigenvalue weighted by Gasteiger charge is 2.20. The maximum Gasteiger partial charge on any atom is 0.241 e. The summed E-state index contributed by atoms with van der Waals surface area (Å²) in [6.07, 6.45) is 0.891. The van der Waals surface area contributed by atoms with Gasteiger partial charge in [-0.2, -0.15) is 5.10 Å². The van der Waals surface area contributed by atoms with Gasteiger partial charge in [0.05, 0.1) is 11.4 Å². The number of primary sulfonamides is 1. The molecule has 16 heavy (non-hydrogen) atoms. The van der Waals surface area contributed by atoms with Crippen LogP contribution < -0.4 is 10.5 Å². The molecule has 0 radical (unpaired) electrons. The van der Waals surface area contributed by atoms with Crippen molar-refractivity contribution in [2.45, 2.75) is 31.7 Å². The lowest BCUT2D eigenvalue weighted by Gasteiger charge is -2.04. The molecule has 1 aromatic rings. The summed E-state index contributed by atoms with van der Waals surface area (Å²) in [5.74, 6) is 0. The first-order chi connectivity index (χ1) is 7.38. The van der Waals surface area contributed by atoms with Gasteiger partial charge in [-0.25, -0.2) is 13.6 Å². The van der Waals surface area contributed by atoms with E-state index in [4.69, 9.17) is 5.14 Å². The number of hydrogen-bond donors (Lipinski definition) is 2. The zero-order valence-corrected chi connectivity index (χ0v) is 10.6. The van der Waals surface area contributed by atoms with E-state index in [9.17, 15) is 8.42 Å². The third kappa shape index (κ3) is 2.81. The first-order valence-corrected chi connectivity index (χ1v) is 6.64. The van der Waals surface area contributed by atoms with Gasteiger partial charge in [0.1, 0.15) is 4.90 Å². The molecule has 7 heteroatoms. The van der Waals surface area contributed by atoms with Crippen LogP contribution in [0.5, 0.6) is 0 Å². The Labute approximate surface area is 95.9 Å². The van der Waals surface area contributed by atoms with Crippen molar-refractivity contribution in [1.82, 2.24) is 15.1 Å². The van der Waals surface area contributed by atoms with Crippen LogP contribution in [0.2, 0.25) is 0 Å². The second-order valence-electron chi connectivity index (χ2n) is 3.73. The van der Waals surface area contributed by atoms with E-state index in [-0.39, 0.29) is 4.90 Å². The Morgan fingerprint density at radius 2 is 2.06 bits per heavy atom. The minimum Gasteiger partial charge on any atom is -0.320 e. The van der Waals surface area contributed by atoms with Crippen LogP contribution in [0.4, 0.5) is 0 Å². The van der Waals surface area contributed by atoms with Crippen molar-refractivity contribution in [3.05, 3.63) is 11.4 Å². The molecule has 0 aromatic carbocycles. The summed E-state index contributed by atoms with van der Waals surface area (Å²) in [4.78, 5) is 0.150. The van der Waals surface area contributed by atoms with Crippen molar-refractivity contribution in [1.29, 1.82) is 0 Å². The molecule has 0 bridgehead atoms. The van der Waals surface area contributed by atoms with Crippen LogP contribution in [0, 0.1) is 13.8 Å². The van der Waals surface area contributed by atoms with E-state index in [0.29, 0.717) is 17.9 Å². The van der Waals surface area contributed by atoms with Crippen LogP contribution in [0.1, 0.15) is 17.8 Å².